The molecule has 88 valence electrons. The van der Waals surface area contributed by atoms with E-state index in [9.17, 15) is 4.79 Å². The summed E-state index contributed by atoms with van der Waals surface area (Å²) in [7, 11) is 0. The van der Waals surface area contributed by atoms with Gasteiger partial charge >= 0.3 is 5.97 Å². The third-order valence-corrected chi connectivity index (χ3v) is 2.97. The van der Waals surface area contributed by atoms with E-state index in [1.54, 1.807) is 25.1 Å². The van der Waals surface area contributed by atoms with E-state index >= 15 is 0 Å². The van der Waals surface area contributed by atoms with Crippen molar-refractivity contribution in [1.29, 1.82) is 0 Å². The molecular weight excluding hydrogens is 258 g/mol. The summed E-state index contributed by atoms with van der Waals surface area (Å²) in [5.74, 6) is -0.457. The van der Waals surface area contributed by atoms with Crippen molar-refractivity contribution in [3.05, 3.63) is 35.0 Å². The zero-order valence-electron chi connectivity index (χ0n) is 9.11. The Morgan fingerprint density at radius 1 is 1.53 bits per heavy atom. The Labute approximate surface area is 109 Å². The molecule has 0 fully saturated rings. The summed E-state index contributed by atoms with van der Waals surface area (Å²) in [5, 5.41) is 1.08. The van der Waals surface area contributed by atoms with Gasteiger partial charge in [-0.05, 0) is 19.1 Å². The molecule has 0 saturated heterocycles. The minimum atomic E-state index is -0.457. The molecule has 0 bridgehead atoms. The van der Waals surface area contributed by atoms with Gasteiger partial charge in [0.25, 0.3) is 0 Å². The second-order valence-electron chi connectivity index (χ2n) is 3.41. The Morgan fingerprint density at radius 3 is 3.00 bits per heavy atom. The Morgan fingerprint density at radius 2 is 2.29 bits per heavy atom. The quantitative estimate of drug-likeness (QED) is 0.670. The molecule has 0 N–H and O–H groups in total. The number of rotatable bonds is 2. The van der Waals surface area contributed by atoms with E-state index in [0.29, 0.717) is 17.1 Å². The van der Waals surface area contributed by atoms with E-state index in [1.807, 2.05) is 0 Å². The number of ether oxygens (including phenoxy) is 1. The fraction of sp³-hybridized carbons (Fsp3) is 0.167. The first-order valence-electron chi connectivity index (χ1n) is 5.08. The number of thiol groups is 1. The van der Waals surface area contributed by atoms with Crippen LogP contribution in [-0.2, 0) is 4.74 Å². The molecule has 3 nitrogen and oxygen atoms in total. The molecule has 0 atom stereocenters. The SMILES string of the molecule is CCOC(=O)c1cnc2cc(S)ccc2c1Cl. The number of nitrogens with zero attached hydrogens (tertiary/aromatic N) is 1. The molecule has 0 amide bonds. The van der Waals surface area contributed by atoms with Gasteiger partial charge in [-0.25, -0.2) is 4.79 Å². The van der Waals surface area contributed by atoms with Crippen LogP contribution in [0.25, 0.3) is 10.9 Å². The third kappa shape index (κ3) is 2.37. The van der Waals surface area contributed by atoms with Crippen molar-refractivity contribution in [2.75, 3.05) is 6.61 Å². The van der Waals surface area contributed by atoms with E-state index < -0.39 is 5.97 Å². The molecule has 0 aliphatic carbocycles. The van der Waals surface area contributed by atoms with E-state index in [4.69, 9.17) is 16.3 Å². The Bertz CT molecular complexity index is 586. The number of fused-ring (bicyclic) bond motifs is 1. The minimum absolute atomic E-state index is 0.285. The normalized spacial score (nSPS) is 10.5. The first-order valence-corrected chi connectivity index (χ1v) is 5.90. The Balaban J connectivity index is 2.58. The zero-order chi connectivity index (χ0) is 12.4. The van der Waals surface area contributed by atoms with E-state index in [1.165, 1.54) is 6.20 Å². The predicted molar refractivity (Wildman–Crippen MR) is 70.0 cm³/mol. The van der Waals surface area contributed by atoms with Gasteiger partial charge in [0.05, 0.1) is 22.7 Å². The second-order valence-corrected chi connectivity index (χ2v) is 4.30. The van der Waals surface area contributed by atoms with Crippen LogP contribution < -0.4 is 0 Å². The van der Waals surface area contributed by atoms with Gasteiger partial charge < -0.3 is 4.74 Å². The first kappa shape index (κ1) is 12.2. The highest BCUT2D eigenvalue weighted by molar-refractivity contribution is 7.80. The van der Waals surface area contributed by atoms with Crippen molar-refractivity contribution in [1.82, 2.24) is 4.98 Å². The van der Waals surface area contributed by atoms with Crippen LogP contribution in [0.5, 0.6) is 0 Å². The van der Waals surface area contributed by atoms with Gasteiger partial charge in [0.15, 0.2) is 0 Å². The van der Waals surface area contributed by atoms with Crippen molar-refractivity contribution in [2.45, 2.75) is 11.8 Å². The maximum absolute atomic E-state index is 11.6. The van der Waals surface area contributed by atoms with Gasteiger partial charge in [-0.15, -0.1) is 12.6 Å². The average molecular weight is 268 g/mol. The number of carbonyl (C=O) groups excluding carboxylic acids is 1. The smallest absolute Gasteiger partial charge is 0.341 e. The van der Waals surface area contributed by atoms with Crippen LogP contribution in [0.4, 0.5) is 0 Å². The van der Waals surface area contributed by atoms with Crippen LogP contribution in [0.1, 0.15) is 17.3 Å². The number of benzene rings is 1. The fourth-order valence-electron chi connectivity index (χ4n) is 1.50. The zero-order valence-corrected chi connectivity index (χ0v) is 10.8. The van der Waals surface area contributed by atoms with Gasteiger partial charge in [0.1, 0.15) is 0 Å². The molecule has 0 saturated carbocycles. The summed E-state index contributed by atoms with van der Waals surface area (Å²) >= 11 is 10.4. The number of hydrogen-bond acceptors (Lipinski definition) is 4. The lowest BCUT2D eigenvalue weighted by Crippen LogP contribution is -2.06. The summed E-state index contributed by atoms with van der Waals surface area (Å²) in [6, 6.07) is 5.38. The summed E-state index contributed by atoms with van der Waals surface area (Å²) in [4.78, 5) is 16.6. The topological polar surface area (TPSA) is 39.2 Å². The molecule has 5 heteroatoms. The van der Waals surface area contributed by atoms with Crippen molar-refractivity contribution in [3.8, 4) is 0 Å². The molecule has 0 spiro atoms. The third-order valence-electron chi connectivity index (χ3n) is 2.28. The lowest BCUT2D eigenvalue weighted by atomic mass is 10.1. The van der Waals surface area contributed by atoms with E-state index in [0.717, 1.165) is 10.3 Å². The fourth-order valence-corrected chi connectivity index (χ4v) is 1.98. The molecule has 1 aromatic heterocycles. The minimum Gasteiger partial charge on any atom is -0.462 e. The Hall–Kier alpha value is -1.26. The van der Waals surface area contributed by atoms with Crippen LogP contribution in [0, 0.1) is 0 Å². The summed E-state index contributed by atoms with van der Waals surface area (Å²) in [6.45, 7) is 2.05. The number of carbonyl (C=O) groups is 1. The van der Waals surface area contributed by atoms with Crippen LogP contribution >= 0.6 is 24.2 Å². The molecule has 0 aliphatic rings. The number of esters is 1. The molecule has 2 aromatic rings. The van der Waals surface area contributed by atoms with Crippen LogP contribution in [0.3, 0.4) is 0 Å². The number of pyridine rings is 1. The summed E-state index contributed by atoms with van der Waals surface area (Å²) in [5.41, 5.74) is 0.989. The number of aromatic nitrogens is 1. The Kier molecular flexibility index (Phi) is 3.54. The van der Waals surface area contributed by atoms with Crippen molar-refractivity contribution >= 4 is 41.1 Å². The van der Waals surface area contributed by atoms with Gasteiger partial charge in [-0.1, -0.05) is 17.7 Å². The van der Waals surface area contributed by atoms with Crippen LogP contribution in [0.2, 0.25) is 5.02 Å². The maximum atomic E-state index is 11.6. The van der Waals surface area contributed by atoms with Gasteiger partial charge in [-0.2, -0.15) is 0 Å². The lowest BCUT2D eigenvalue weighted by molar-refractivity contribution is 0.0526. The number of halogens is 1. The summed E-state index contributed by atoms with van der Waals surface area (Å²) < 4.78 is 4.90. The molecule has 17 heavy (non-hydrogen) atoms. The maximum Gasteiger partial charge on any atom is 0.341 e. The second kappa shape index (κ2) is 4.94. The average Bonchev–Trinajstić information content (AvgIpc) is 2.29. The van der Waals surface area contributed by atoms with Gasteiger partial charge in [0, 0.05) is 16.5 Å². The molecule has 0 radical (unpaired) electrons. The van der Waals surface area contributed by atoms with Crippen molar-refractivity contribution in [3.63, 3.8) is 0 Å². The number of hydrogen-bond donors (Lipinski definition) is 1. The summed E-state index contributed by atoms with van der Waals surface area (Å²) in [6.07, 6.45) is 1.43. The van der Waals surface area contributed by atoms with E-state index in [2.05, 4.69) is 17.6 Å². The molecule has 1 aromatic carbocycles. The monoisotopic (exact) mass is 267 g/mol. The molecule has 0 aliphatic heterocycles. The molecule has 2 rings (SSSR count). The highest BCUT2D eigenvalue weighted by Crippen LogP contribution is 2.27. The highest BCUT2D eigenvalue weighted by Gasteiger charge is 2.14. The van der Waals surface area contributed by atoms with Crippen LogP contribution in [0.15, 0.2) is 29.3 Å². The standard InChI is InChI=1S/C12H10ClNO2S/c1-2-16-12(15)9-6-14-10-5-7(17)3-4-8(10)11(9)13/h3-6,17H,2H2,1H3. The lowest BCUT2D eigenvalue weighted by Gasteiger charge is -2.06. The van der Waals surface area contributed by atoms with Gasteiger partial charge in [0.2, 0.25) is 0 Å². The largest absolute Gasteiger partial charge is 0.462 e. The van der Waals surface area contributed by atoms with Crippen molar-refractivity contribution in [2.24, 2.45) is 0 Å². The molecular formula is C12H10ClNO2S. The first-order chi connectivity index (χ1) is 8.13. The highest BCUT2D eigenvalue weighted by atomic mass is 35.5. The predicted octanol–water partition coefficient (Wildman–Crippen LogP) is 3.35. The van der Waals surface area contributed by atoms with Crippen LogP contribution in [-0.4, -0.2) is 17.6 Å². The van der Waals surface area contributed by atoms with Gasteiger partial charge in [-0.3, -0.25) is 4.98 Å². The molecule has 1 heterocycles. The van der Waals surface area contributed by atoms with E-state index in [-0.39, 0.29) is 5.56 Å². The molecule has 0 unspecified atom stereocenters. The van der Waals surface area contributed by atoms with Crippen molar-refractivity contribution < 1.29 is 9.53 Å².